The summed E-state index contributed by atoms with van der Waals surface area (Å²) in [7, 11) is 0. The highest BCUT2D eigenvalue weighted by Gasteiger charge is 2.41. The molecule has 0 aromatic rings. The minimum absolute atomic E-state index is 0.140. The van der Waals surface area contributed by atoms with Crippen molar-refractivity contribution in [1.82, 2.24) is 4.90 Å². The molecule has 0 saturated carbocycles. The predicted octanol–water partition coefficient (Wildman–Crippen LogP) is 6.28. The van der Waals surface area contributed by atoms with Gasteiger partial charge in [0.25, 0.3) is 0 Å². The average molecular weight is 437 g/mol. The minimum Gasteiger partial charge on any atom is -0.330 e. The first-order chi connectivity index (χ1) is 15.1. The zero-order chi connectivity index (χ0) is 22.7. The van der Waals surface area contributed by atoms with E-state index in [2.05, 4.69) is 6.92 Å². The monoisotopic (exact) mass is 436 g/mol. The van der Waals surface area contributed by atoms with Gasteiger partial charge >= 0.3 is 0 Å². The highest BCUT2D eigenvalue weighted by atomic mass is 16.2. The van der Waals surface area contributed by atoms with Gasteiger partial charge in [-0.25, -0.2) is 4.90 Å². The largest absolute Gasteiger partial charge is 0.330 e. The smallest absolute Gasteiger partial charge is 0.239 e. The first-order valence-corrected chi connectivity index (χ1v) is 13.2. The van der Waals surface area contributed by atoms with Crippen LogP contribution in [-0.4, -0.2) is 29.2 Å². The molecule has 1 rings (SSSR count). The van der Waals surface area contributed by atoms with E-state index in [1.807, 2.05) is 0 Å². The van der Waals surface area contributed by atoms with E-state index in [9.17, 15) is 14.4 Å². The van der Waals surface area contributed by atoms with Crippen molar-refractivity contribution in [2.75, 3.05) is 6.54 Å². The van der Waals surface area contributed by atoms with Crippen LogP contribution < -0.4 is 5.73 Å². The van der Waals surface area contributed by atoms with Crippen LogP contribution >= 0.6 is 0 Å². The highest BCUT2D eigenvalue weighted by molar-refractivity contribution is 6.15. The van der Waals surface area contributed by atoms with Crippen molar-refractivity contribution in [3.05, 3.63) is 0 Å². The van der Waals surface area contributed by atoms with Crippen molar-refractivity contribution in [1.29, 1.82) is 0 Å². The molecule has 0 aromatic carbocycles. The molecule has 0 aromatic heterocycles. The molecule has 1 aliphatic heterocycles. The van der Waals surface area contributed by atoms with E-state index in [1.165, 1.54) is 89.9 Å². The van der Waals surface area contributed by atoms with Crippen LogP contribution in [0.15, 0.2) is 0 Å². The van der Waals surface area contributed by atoms with E-state index in [0.717, 1.165) is 24.2 Å². The van der Waals surface area contributed by atoms with Gasteiger partial charge in [-0.15, -0.1) is 0 Å². The van der Waals surface area contributed by atoms with Gasteiger partial charge in [0.05, 0.1) is 0 Å². The third-order valence-corrected chi connectivity index (χ3v) is 6.50. The Morgan fingerprint density at radius 1 is 0.774 bits per heavy atom. The van der Waals surface area contributed by atoms with Crippen LogP contribution in [0.25, 0.3) is 0 Å². The Morgan fingerprint density at radius 2 is 1.19 bits per heavy atom. The van der Waals surface area contributed by atoms with E-state index >= 15 is 0 Å². The lowest BCUT2D eigenvalue weighted by molar-refractivity contribution is -0.150. The van der Waals surface area contributed by atoms with Crippen molar-refractivity contribution < 1.29 is 14.4 Å². The van der Waals surface area contributed by atoms with Gasteiger partial charge in [0.2, 0.25) is 17.7 Å². The fraction of sp³-hybridized carbons (Fsp3) is 0.885. The summed E-state index contributed by atoms with van der Waals surface area (Å²) in [5, 5.41) is 0. The summed E-state index contributed by atoms with van der Waals surface area (Å²) in [6, 6.07) is 0. The Labute approximate surface area is 190 Å². The van der Waals surface area contributed by atoms with E-state index in [1.54, 1.807) is 0 Å². The number of imide groups is 3. The molecule has 1 saturated heterocycles. The van der Waals surface area contributed by atoms with Crippen molar-refractivity contribution in [3.8, 4) is 0 Å². The van der Waals surface area contributed by atoms with Gasteiger partial charge in [0.15, 0.2) is 0 Å². The lowest BCUT2D eigenvalue weighted by Gasteiger charge is -2.12. The van der Waals surface area contributed by atoms with Crippen LogP contribution in [0.4, 0.5) is 0 Å². The topological polar surface area (TPSA) is 80.5 Å². The summed E-state index contributed by atoms with van der Waals surface area (Å²) in [4.78, 5) is 37.2. The predicted molar refractivity (Wildman–Crippen MR) is 127 cm³/mol. The SMILES string of the molecule is CCCCCCCCCCCCCCCCCCCC(=O)N1C(=O)CC(CCN)C1=O. The van der Waals surface area contributed by atoms with Crippen LogP contribution in [0.2, 0.25) is 0 Å². The van der Waals surface area contributed by atoms with Gasteiger partial charge in [-0.1, -0.05) is 110 Å². The fourth-order valence-corrected chi connectivity index (χ4v) is 4.50. The maximum absolute atomic E-state index is 12.2. The van der Waals surface area contributed by atoms with E-state index < -0.39 is 5.92 Å². The molecule has 180 valence electrons. The molecule has 1 fully saturated rings. The van der Waals surface area contributed by atoms with Crippen molar-refractivity contribution in [2.24, 2.45) is 11.7 Å². The van der Waals surface area contributed by atoms with Crippen LogP contribution in [0.3, 0.4) is 0 Å². The number of nitrogens with zero attached hydrogens (tertiary/aromatic N) is 1. The maximum Gasteiger partial charge on any atom is 0.239 e. The Hall–Kier alpha value is -1.23. The zero-order valence-corrected chi connectivity index (χ0v) is 20.2. The molecule has 0 radical (unpaired) electrons. The number of carbonyl (C=O) groups excluding carboxylic acids is 3. The van der Waals surface area contributed by atoms with Crippen molar-refractivity contribution in [3.63, 3.8) is 0 Å². The van der Waals surface area contributed by atoms with Gasteiger partial charge in [-0.05, 0) is 19.4 Å². The molecule has 0 bridgehead atoms. The number of likely N-dealkylation sites (tertiary alicyclic amines) is 1. The molecular weight excluding hydrogens is 388 g/mol. The number of amides is 3. The zero-order valence-electron chi connectivity index (χ0n) is 20.2. The Bertz CT molecular complexity index is 507. The summed E-state index contributed by atoms with van der Waals surface area (Å²) in [5.74, 6) is -1.40. The second-order valence-corrected chi connectivity index (χ2v) is 9.35. The number of hydrogen-bond donors (Lipinski definition) is 1. The molecule has 31 heavy (non-hydrogen) atoms. The number of rotatable bonds is 20. The maximum atomic E-state index is 12.2. The molecule has 3 amide bonds. The van der Waals surface area contributed by atoms with E-state index in [-0.39, 0.29) is 24.1 Å². The van der Waals surface area contributed by atoms with Crippen LogP contribution in [-0.2, 0) is 14.4 Å². The molecule has 1 aliphatic rings. The Balaban J connectivity index is 1.88. The Kier molecular flexibility index (Phi) is 16.5. The van der Waals surface area contributed by atoms with Gasteiger partial charge in [-0.3, -0.25) is 14.4 Å². The number of carbonyl (C=O) groups is 3. The van der Waals surface area contributed by atoms with Crippen molar-refractivity contribution >= 4 is 17.7 Å². The molecule has 1 unspecified atom stereocenters. The van der Waals surface area contributed by atoms with Gasteiger partial charge in [0.1, 0.15) is 0 Å². The lowest BCUT2D eigenvalue weighted by atomic mass is 10.0. The summed E-state index contributed by atoms with van der Waals surface area (Å²) in [6.07, 6.45) is 22.9. The van der Waals surface area contributed by atoms with Crippen molar-refractivity contribution in [2.45, 2.75) is 135 Å². The quantitative estimate of drug-likeness (QED) is 0.180. The normalized spacial score (nSPS) is 16.5. The highest BCUT2D eigenvalue weighted by Crippen LogP contribution is 2.23. The number of hydrogen-bond acceptors (Lipinski definition) is 4. The summed E-state index contributed by atoms with van der Waals surface area (Å²) >= 11 is 0. The van der Waals surface area contributed by atoms with Crippen LogP contribution in [0, 0.1) is 5.92 Å². The Morgan fingerprint density at radius 3 is 1.61 bits per heavy atom. The van der Waals surface area contributed by atoms with Crippen LogP contribution in [0.5, 0.6) is 0 Å². The first-order valence-electron chi connectivity index (χ1n) is 13.2. The van der Waals surface area contributed by atoms with E-state index in [0.29, 0.717) is 19.4 Å². The summed E-state index contributed by atoms with van der Waals surface area (Å²) in [6.45, 7) is 2.64. The standard InChI is InChI=1S/C26H48N2O3/c1-2-3-4-5-6-7-8-9-10-11-12-13-14-15-16-17-18-19-24(29)28-25(30)22-23(20-21-27)26(28)31/h23H,2-22,27H2,1H3. The number of nitrogens with two attached hydrogens (primary N) is 1. The molecule has 0 aliphatic carbocycles. The molecule has 5 heteroatoms. The third kappa shape index (κ3) is 12.4. The molecule has 0 spiro atoms. The van der Waals surface area contributed by atoms with Gasteiger partial charge in [0, 0.05) is 18.8 Å². The summed E-state index contributed by atoms with van der Waals surface area (Å²) in [5.41, 5.74) is 5.48. The lowest BCUT2D eigenvalue weighted by Crippen LogP contribution is -2.36. The van der Waals surface area contributed by atoms with Crippen LogP contribution in [0.1, 0.15) is 135 Å². The second-order valence-electron chi connectivity index (χ2n) is 9.35. The molecule has 5 nitrogen and oxygen atoms in total. The fourth-order valence-electron chi connectivity index (χ4n) is 4.50. The molecular formula is C26H48N2O3. The second kappa shape index (κ2) is 18.4. The third-order valence-electron chi connectivity index (χ3n) is 6.50. The molecule has 2 N–H and O–H groups in total. The molecule has 1 heterocycles. The molecule has 1 atom stereocenters. The number of unbranched alkanes of at least 4 members (excludes halogenated alkanes) is 16. The first kappa shape index (κ1) is 27.8. The van der Waals surface area contributed by atoms with E-state index in [4.69, 9.17) is 5.73 Å². The van der Waals surface area contributed by atoms with Gasteiger partial charge < -0.3 is 5.73 Å². The van der Waals surface area contributed by atoms with Gasteiger partial charge in [-0.2, -0.15) is 0 Å². The minimum atomic E-state index is -0.392. The average Bonchev–Trinajstić information content (AvgIpc) is 3.03. The summed E-state index contributed by atoms with van der Waals surface area (Å²) < 4.78 is 0.